The highest BCUT2D eigenvalue weighted by Crippen LogP contribution is 2.16. The lowest BCUT2D eigenvalue weighted by Gasteiger charge is -2.07. The molecule has 0 aliphatic heterocycles. The lowest BCUT2D eigenvalue weighted by Crippen LogP contribution is -2.15. The third-order valence-electron chi connectivity index (χ3n) is 3.76. The molecule has 0 saturated carbocycles. The van der Waals surface area contributed by atoms with E-state index in [1.165, 1.54) is 19.2 Å². The summed E-state index contributed by atoms with van der Waals surface area (Å²) in [5.41, 5.74) is 1.72. The predicted molar refractivity (Wildman–Crippen MR) is 102 cm³/mol. The van der Waals surface area contributed by atoms with Gasteiger partial charge in [-0.05, 0) is 54.1 Å². The molecule has 0 bridgehead atoms. The van der Waals surface area contributed by atoms with Crippen LogP contribution in [0.15, 0.2) is 60.7 Å². The number of esters is 1. The number of carbonyl (C=O) groups is 2. The SMILES string of the molecule is COC(=O)c1ccc(Nc2ccc(NC(=O)Cc3cccc(F)c3)nn2)cc1. The minimum absolute atomic E-state index is 0.0337. The van der Waals surface area contributed by atoms with Gasteiger partial charge in [-0.15, -0.1) is 10.2 Å². The second-order valence-electron chi connectivity index (χ2n) is 5.85. The summed E-state index contributed by atoms with van der Waals surface area (Å²) < 4.78 is 17.8. The van der Waals surface area contributed by atoms with Crippen molar-refractivity contribution in [1.29, 1.82) is 0 Å². The molecule has 0 aliphatic rings. The van der Waals surface area contributed by atoms with E-state index in [1.807, 2.05) is 0 Å². The molecule has 0 aliphatic carbocycles. The molecule has 2 aromatic carbocycles. The molecule has 28 heavy (non-hydrogen) atoms. The first-order chi connectivity index (χ1) is 13.5. The Bertz CT molecular complexity index is 976. The fourth-order valence-corrected chi connectivity index (χ4v) is 2.44. The molecule has 3 rings (SSSR count). The van der Waals surface area contributed by atoms with Crippen LogP contribution in [0.3, 0.4) is 0 Å². The highest BCUT2D eigenvalue weighted by Gasteiger charge is 2.07. The van der Waals surface area contributed by atoms with Gasteiger partial charge in [0.2, 0.25) is 5.91 Å². The Morgan fingerprint density at radius 3 is 2.36 bits per heavy atom. The second kappa shape index (κ2) is 8.72. The van der Waals surface area contributed by atoms with Crippen LogP contribution in [0, 0.1) is 5.82 Å². The van der Waals surface area contributed by atoms with Crippen LogP contribution >= 0.6 is 0 Å². The Hall–Kier alpha value is -3.81. The molecule has 0 radical (unpaired) electrons. The zero-order chi connectivity index (χ0) is 19.9. The Kier molecular flexibility index (Phi) is 5.91. The van der Waals surface area contributed by atoms with Gasteiger partial charge in [0.15, 0.2) is 11.6 Å². The van der Waals surface area contributed by atoms with Crippen molar-refractivity contribution < 1.29 is 18.7 Å². The quantitative estimate of drug-likeness (QED) is 0.637. The second-order valence-corrected chi connectivity index (χ2v) is 5.85. The maximum atomic E-state index is 13.2. The molecule has 3 aromatic rings. The standard InChI is InChI=1S/C20H17FN4O3/c1-28-20(27)14-5-7-16(8-6-14)22-17-9-10-18(25-24-17)23-19(26)12-13-3-2-4-15(21)11-13/h2-11H,12H2,1H3,(H,22,24)(H,23,25,26). The summed E-state index contributed by atoms with van der Waals surface area (Å²) >= 11 is 0. The molecule has 142 valence electrons. The van der Waals surface area contributed by atoms with E-state index in [-0.39, 0.29) is 24.0 Å². The first-order valence-corrected chi connectivity index (χ1v) is 8.37. The van der Waals surface area contributed by atoms with Crippen molar-refractivity contribution in [3.05, 3.63) is 77.6 Å². The fraction of sp³-hybridized carbons (Fsp3) is 0.100. The van der Waals surface area contributed by atoms with Crippen molar-refractivity contribution >= 4 is 29.2 Å². The molecule has 1 aromatic heterocycles. The van der Waals surface area contributed by atoms with Crippen LogP contribution in [0.4, 0.5) is 21.7 Å². The average molecular weight is 380 g/mol. The Labute approximate surface area is 160 Å². The number of halogens is 1. The Morgan fingerprint density at radius 1 is 1.00 bits per heavy atom. The van der Waals surface area contributed by atoms with E-state index in [9.17, 15) is 14.0 Å². The van der Waals surface area contributed by atoms with E-state index < -0.39 is 5.97 Å². The summed E-state index contributed by atoms with van der Waals surface area (Å²) in [5.74, 6) is -0.370. The van der Waals surface area contributed by atoms with E-state index >= 15 is 0 Å². The predicted octanol–water partition coefficient (Wildman–Crippen LogP) is 3.33. The number of hydrogen-bond acceptors (Lipinski definition) is 6. The monoisotopic (exact) mass is 380 g/mol. The van der Waals surface area contributed by atoms with Crippen molar-refractivity contribution in [3.8, 4) is 0 Å². The van der Waals surface area contributed by atoms with Gasteiger partial charge in [0.25, 0.3) is 0 Å². The van der Waals surface area contributed by atoms with Crippen molar-refractivity contribution in [2.75, 3.05) is 17.7 Å². The smallest absolute Gasteiger partial charge is 0.337 e. The number of nitrogens with zero attached hydrogens (tertiary/aromatic N) is 2. The molecule has 0 unspecified atom stereocenters. The summed E-state index contributed by atoms with van der Waals surface area (Å²) in [6.07, 6.45) is 0.0337. The van der Waals surface area contributed by atoms with Crippen LogP contribution < -0.4 is 10.6 Å². The number of nitrogens with one attached hydrogen (secondary N) is 2. The molecule has 2 N–H and O–H groups in total. The third-order valence-corrected chi connectivity index (χ3v) is 3.76. The number of aromatic nitrogens is 2. The largest absolute Gasteiger partial charge is 0.465 e. The number of carbonyl (C=O) groups excluding carboxylic acids is 2. The lowest BCUT2D eigenvalue weighted by molar-refractivity contribution is -0.115. The van der Waals surface area contributed by atoms with Gasteiger partial charge in [-0.2, -0.15) is 0 Å². The number of methoxy groups -OCH3 is 1. The van der Waals surface area contributed by atoms with E-state index in [0.29, 0.717) is 22.6 Å². The zero-order valence-corrected chi connectivity index (χ0v) is 15.0. The minimum atomic E-state index is -0.412. The van der Waals surface area contributed by atoms with Gasteiger partial charge in [-0.25, -0.2) is 9.18 Å². The van der Waals surface area contributed by atoms with Gasteiger partial charge >= 0.3 is 5.97 Å². The van der Waals surface area contributed by atoms with Crippen LogP contribution in [-0.2, 0) is 16.0 Å². The molecular weight excluding hydrogens is 363 g/mol. The summed E-state index contributed by atoms with van der Waals surface area (Å²) in [6, 6.07) is 15.8. The van der Waals surface area contributed by atoms with E-state index in [2.05, 4.69) is 25.6 Å². The molecule has 0 fully saturated rings. The van der Waals surface area contributed by atoms with Crippen molar-refractivity contribution in [2.45, 2.75) is 6.42 Å². The fourth-order valence-electron chi connectivity index (χ4n) is 2.44. The number of anilines is 3. The average Bonchev–Trinajstić information content (AvgIpc) is 2.69. The molecule has 0 spiro atoms. The van der Waals surface area contributed by atoms with Crippen LogP contribution in [0.25, 0.3) is 0 Å². The molecule has 7 nitrogen and oxygen atoms in total. The van der Waals surface area contributed by atoms with Gasteiger partial charge in [0, 0.05) is 5.69 Å². The zero-order valence-electron chi connectivity index (χ0n) is 15.0. The highest BCUT2D eigenvalue weighted by molar-refractivity contribution is 5.91. The van der Waals surface area contributed by atoms with Crippen molar-refractivity contribution in [2.24, 2.45) is 0 Å². The molecule has 8 heteroatoms. The molecule has 0 atom stereocenters. The third kappa shape index (κ3) is 5.10. The molecule has 1 amide bonds. The first kappa shape index (κ1) is 19.0. The number of ether oxygens (including phenoxy) is 1. The summed E-state index contributed by atoms with van der Waals surface area (Å²) in [5, 5.41) is 13.6. The van der Waals surface area contributed by atoms with E-state index in [1.54, 1.807) is 48.5 Å². The van der Waals surface area contributed by atoms with E-state index in [0.717, 1.165) is 0 Å². The van der Waals surface area contributed by atoms with Crippen molar-refractivity contribution in [3.63, 3.8) is 0 Å². The Balaban J connectivity index is 1.57. The molecular formula is C20H17FN4O3. The van der Waals surface area contributed by atoms with Gasteiger partial charge in [0.05, 0.1) is 19.1 Å². The van der Waals surface area contributed by atoms with E-state index in [4.69, 9.17) is 0 Å². The highest BCUT2D eigenvalue weighted by atomic mass is 19.1. The van der Waals surface area contributed by atoms with Gasteiger partial charge in [-0.1, -0.05) is 12.1 Å². The van der Waals surface area contributed by atoms with Gasteiger partial charge in [0.1, 0.15) is 5.82 Å². The van der Waals surface area contributed by atoms with Crippen LogP contribution in [0.1, 0.15) is 15.9 Å². The summed E-state index contributed by atoms with van der Waals surface area (Å²) in [6.45, 7) is 0. The minimum Gasteiger partial charge on any atom is -0.465 e. The Morgan fingerprint density at radius 2 is 1.71 bits per heavy atom. The molecule has 0 saturated heterocycles. The molecule has 1 heterocycles. The van der Waals surface area contributed by atoms with Crippen LogP contribution in [0.5, 0.6) is 0 Å². The lowest BCUT2D eigenvalue weighted by atomic mass is 10.1. The van der Waals surface area contributed by atoms with Crippen LogP contribution in [0.2, 0.25) is 0 Å². The summed E-state index contributed by atoms with van der Waals surface area (Å²) in [4.78, 5) is 23.4. The number of rotatable bonds is 6. The van der Waals surface area contributed by atoms with Crippen molar-refractivity contribution in [1.82, 2.24) is 10.2 Å². The van der Waals surface area contributed by atoms with Crippen LogP contribution in [-0.4, -0.2) is 29.2 Å². The first-order valence-electron chi connectivity index (χ1n) is 8.37. The normalized spacial score (nSPS) is 10.2. The maximum absolute atomic E-state index is 13.2. The number of amides is 1. The number of benzene rings is 2. The summed E-state index contributed by atoms with van der Waals surface area (Å²) in [7, 11) is 1.32. The van der Waals surface area contributed by atoms with Gasteiger partial charge < -0.3 is 15.4 Å². The van der Waals surface area contributed by atoms with Gasteiger partial charge in [-0.3, -0.25) is 4.79 Å². The number of hydrogen-bond donors (Lipinski definition) is 2. The maximum Gasteiger partial charge on any atom is 0.337 e. The topological polar surface area (TPSA) is 93.2 Å².